The maximum absolute atomic E-state index is 10.1. The van der Waals surface area contributed by atoms with Gasteiger partial charge in [0.15, 0.2) is 0 Å². The second kappa shape index (κ2) is 44.5. The zero-order chi connectivity index (χ0) is 40.3. The number of carbonyl (C=O) groups excluding carboxylic acids is 2. The first-order valence-corrected chi connectivity index (χ1v) is 27.2. The predicted molar refractivity (Wildman–Crippen MR) is 233 cm³/mol. The van der Waals surface area contributed by atoms with Crippen LogP contribution in [-0.2, 0) is 9.59 Å². The van der Waals surface area contributed by atoms with E-state index in [1.165, 1.54) is 173 Å². The first-order chi connectivity index (χ1) is 25.7. The molecule has 0 radical (unpaired) electrons. The van der Waals surface area contributed by atoms with Crippen molar-refractivity contribution < 1.29 is 19.8 Å². The molecule has 0 saturated carbocycles. The summed E-state index contributed by atoms with van der Waals surface area (Å²) in [6.45, 7) is 19.0. The quantitative estimate of drug-likeness (QED) is 0.0458. The van der Waals surface area contributed by atoms with E-state index in [4.69, 9.17) is 0 Å². The minimum absolute atomic E-state index is 0.232. The van der Waals surface area contributed by atoms with Crippen molar-refractivity contribution in [1.29, 1.82) is 0 Å². The standard InChI is InChI=1S/C20H41.2C12H24O2.C4H9.Sn/c1-6-11-15-19(16-12-7-2)20(10-5,17-13-8-3)18-14-9-4;2*1-2-3-4-5-6-7-8-9-10-11-12(13)14;1-3-4-2;/h6-18H2,1-5H3;2*2-11H2,1H3,(H,13,14);1,3-4H2,2H3;/q;;;;+2/p-2. The molecule has 0 amide bonds. The van der Waals surface area contributed by atoms with Crippen molar-refractivity contribution in [2.24, 2.45) is 5.41 Å². The molecule has 0 atom stereocenters. The van der Waals surface area contributed by atoms with Crippen molar-refractivity contribution in [3.63, 3.8) is 0 Å². The Balaban J connectivity index is -0.000000762. The van der Waals surface area contributed by atoms with Crippen LogP contribution in [0.4, 0.5) is 0 Å². The van der Waals surface area contributed by atoms with E-state index >= 15 is 0 Å². The molecule has 53 heavy (non-hydrogen) atoms. The van der Waals surface area contributed by atoms with Crippen LogP contribution in [0.25, 0.3) is 0 Å². The Morgan fingerprint density at radius 2 is 0.660 bits per heavy atom. The molecule has 0 aliphatic heterocycles. The summed E-state index contributed by atoms with van der Waals surface area (Å²) in [5.74, 6) is -1.82. The first kappa shape index (κ1) is 57.1. The summed E-state index contributed by atoms with van der Waals surface area (Å²) in [7, 11) is 0. The summed E-state index contributed by atoms with van der Waals surface area (Å²) >= 11 is -0.342. The molecule has 0 N–H and O–H groups in total. The number of carboxylic acids is 2. The molecular weight excluding hydrogens is 759 g/mol. The van der Waals surface area contributed by atoms with Crippen LogP contribution in [0.5, 0.6) is 0 Å². The Morgan fingerprint density at radius 1 is 0.377 bits per heavy atom. The van der Waals surface area contributed by atoms with Crippen LogP contribution in [0.15, 0.2) is 0 Å². The van der Waals surface area contributed by atoms with Crippen molar-refractivity contribution in [1.82, 2.24) is 0 Å². The second-order valence-corrected chi connectivity index (χ2v) is 21.5. The number of aliphatic carboxylic acids is 2. The number of rotatable bonds is 38. The van der Waals surface area contributed by atoms with Crippen LogP contribution < -0.4 is 10.2 Å². The fraction of sp³-hybridized carbons (Fsp3) is 0.958. The van der Waals surface area contributed by atoms with Crippen LogP contribution in [-0.4, -0.2) is 33.1 Å². The Morgan fingerprint density at radius 3 is 0.943 bits per heavy atom. The Bertz CT molecular complexity index is 691. The summed E-state index contributed by atoms with van der Waals surface area (Å²) in [5, 5.41) is 20.2. The van der Waals surface area contributed by atoms with Gasteiger partial charge in [-0.2, -0.15) is 0 Å². The van der Waals surface area contributed by atoms with E-state index in [0.717, 1.165) is 29.1 Å². The van der Waals surface area contributed by atoms with Crippen LogP contribution in [0, 0.1) is 5.41 Å². The second-order valence-electron chi connectivity index (χ2n) is 16.3. The molecule has 0 heterocycles. The van der Waals surface area contributed by atoms with Gasteiger partial charge in [-0.1, -0.05) is 117 Å². The van der Waals surface area contributed by atoms with Crippen LogP contribution in [0.1, 0.15) is 280 Å². The third-order valence-corrected chi connectivity index (χ3v) is 18.2. The molecule has 0 rings (SSSR count). The van der Waals surface area contributed by atoms with Gasteiger partial charge >= 0.3 is 172 Å². The Kier molecular flexibility index (Phi) is 47.9. The van der Waals surface area contributed by atoms with Crippen molar-refractivity contribution in [3.05, 3.63) is 0 Å². The maximum atomic E-state index is 10.1. The molecule has 0 bridgehead atoms. The van der Waals surface area contributed by atoms with E-state index in [1.54, 1.807) is 17.3 Å². The van der Waals surface area contributed by atoms with E-state index in [0.29, 0.717) is 5.41 Å². The molecule has 0 fully saturated rings. The van der Waals surface area contributed by atoms with Gasteiger partial charge in [0.25, 0.3) is 0 Å². The molecule has 0 aromatic heterocycles. The van der Waals surface area contributed by atoms with E-state index in [1.807, 2.05) is 0 Å². The molecule has 0 unspecified atom stereocenters. The van der Waals surface area contributed by atoms with E-state index in [9.17, 15) is 19.8 Å². The molecule has 0 aromatic carbocycles. The van der Waals surface area contributed by atoms with Gasteiger partial charge in [0, 0.05) is 11.9 Å². The zero-order valence-corrected chi connectivity index (χ0v) is 40.4. The summed E-state index contributed by atoms with van der Waals surface area (Å²) in [6.07, 6.45) is 44.3. The SMILES string of the molecule is CCCCCCCCCCCC(=O)[O-].CCCCCCCCCCCC(=O)[O-].CCC[CH2][Sn+2][C](CCCC)(CCCC)C(CC)(CCCC)CCCC. The minimum atomic E-state index is -0.909. The van der Waals surface area contributed by atoms with Crippen molar-refractivity contribution in [3.8, 4) is 0 Å². The molecule has 0 aliphatic carbocycles. The Labute approximate surface area is 344 Å². The van der Waals surface area contributed by atoms with Gasteiger partial charge < -0.3 is 19.8 Å². The van der Waals surface area contributed by atoms with Gasteiger partial charge in [0.1, 0.15) is 0 Å². The molecule has 4 nitrogen and oxygen atoms in total. The van der Waals surface area contributed by atoms with Crippen molar-refractivity contribution in [2.45, 2.75) is 288 Å². The molecule has 0 aliphatic rings. The summed E-state index contributed by atoms with van der Waals surface area (Å²) in [5.41, 5.74) is 0.684. The van der Waals surface area contributed by atoms with Gasteiger partial charge in [-0.15, -0.1) is 0 Å². The zero-order valence-electron chi connectivity index (χ0n) is 37.6. The van der Waals surface area contributed by atoms with Gasteiger partial charge in [-0.3, -0.25) is 0 Å². The van der Waals surface area contributed by atoms with E-state index in [2.05, 4.69) is 55.4 Å². The molecule has 316 valence electrons. The normalized spacial score (nSPS) is 11.3. The topological polar surface area (TPSA) is 80.3 Å². The van der Waals surface area contributed by atoms with Crippen molar-refractivity contribution in [2.75, 3.05) is 0 Å². The van der Waals surface area contributed by atoms with Crippen LogP contribution in [0.2, 0.25) is 7.87 Å². The Hall–Kier alpha value is -0.261. The number of hydrogen-bond donors (Lipinski definition) is 0. The molecule has 0 aromatic rings. The van der Waals surface area contributed by atoms with Gasteiger partial charge in [-0.05, 0) is 25.7 Å². The third-order valence-electron chi connectivity index (χ3n) is 11.6. The van der Waals surface area contributed by atoms with E-state index < -0.39 is 11.9 Å². The summed E-state index contributed by atoms with van der Waals surface area (Å²) < 4.78 is 2.42. The molecule has 0 saturated heterocycles. The average molecular weight is 856 g/mol. The third kappa shape index (κ3) is 35.9. The number of unbranched alkanes of at least 4 members (excludes halogenated alkanes) is 21. The van der Waals surface area contributed by atoms with Crippen molar-refractivity contribution >= 4 is 33.1 Å². The number of hydrogen-bond acceptors (Lipinski definition) is 4. The molecule has 5 heteroatoms. The van der Waals surface area contributed by atoms with Gasteiger partial charge in [0.2, 0.25) is 0 Å². The average Bonchev–Trinajstić information content (AvgIpc) is 3.15. The fourth-order valence-electron chi connectivity index (χ4n) is 7.97. The summed E-state index contributed by atoms with van der Waals surface area (Å²) in [6, 6.07) is 0. The van der Waals surface area contributed by atoms with E-state index in [-0.39, 0.29) is 34.0 Å². The van der Waals surface area contributed by atoms with Crippen LogP contribution in [0.3, 0.4) is 0 Å². The number of carbonyl (C=O) groups is 2. The first-order valence-electron chi connectivity index (χ1n) is 23.8. The number of carboxylic acid groups (broad SMARTS) is 2. The monoisotopic (exact) mass is 857 g/mol. The molecule has 0 spiro atoms. The van der Waals surface area contributed by atoms with Crippen LogP contribution >= 0.6 is 0 Å². The predicted octanol–water partition coefficient (Wildman–Crippen LogP) is 14.5. The summed E-state index contributed by atoms with van der Waals surface area (Å²) in [4.78, 5) is 20.2. The van der Waals surface area contributed by atoms with Gasteiger partial charge in [0.05, 0.1) is 0 Å². The fourth-order valence-corrected chi connectivity index (χ4v) is 15.2. The van der Waals surface area contributed by atoms with Gasteiger partial charge in [-0.25, -0.2) is 0 Å². The molecular formula is C48H96O4Sn.